The van der Waals surface area contributed by atoms with Crippen LogP contribution in [0, 0.1) is 0 Å². The van der Waals surface area contributed by atoms with Crippen LogP contribution in [0.1, 0.15) is 17.2 Å². The van der Waals surface area contributed by atoms with Gasteiger partial charge in [0.2, 0.25) is 5.91 Å². The van der Waals surface area contributed by atoms with Crippen LogP contribution in [0.2, 0.25) is 0 Å². The average Bonchev–Trinajstić information content (AvgIpc) is 2.82. The Labute approximate surface area is 186 Å². The highest BCUT2D eigenvalue weighted by Crippen LogP contribution is 2.29. The number of rotatable bonds is 11. The molecule has 0 saturated carbocycles. The Morgan fingerprint density at radius 1 is 0.839 bits per heavy atom. The summed E-state index contributed by atoms with van der Waals surface area (Å²) >= 11 is 0. The van der Waals surface area contributed by atoms with Crippen molar-refractivity contribution >= 4 is 5.91 Å². The summed E-state index contributed by atoms with van der Waals surface area (Å²) in [4.78, 5) is 19.5. The van der Waals surface area contributed by atoms with Crippen LogP contribution >= 0.6 is 0 Å². The lowest BCUT2D eigenvalue weighted by Gasteiger charge is -2.40. The maximum Gasteiger partial charge on any atom is 0.236 e. The fourth-order valence-electron chi connectivity index (χ4n) is 4.12. The van der Waals surface area contributed by atoms with Crippen LogP contribution in [0.4, 0.5) is 0 Å². The van der Waals surface area contributed by atoms with Gasteiger partial charge in [0.1, 0.15) is 0 Å². The van der Waals surface area contributed by atoms with E-state index in [4.69, 9.17) is 9.47 Å². The molecule has 3 rings (SSSR count). The molecule has 6 heteroatoms. The van der Waals surface area contributed by atoms with Gasteiger partial charge in [-0.2, -0.15) is 0 Å². The molecule has 1 aliphatic heterocycles. The van der Waals surface area contributed by atoms with Gasteiger partial charge in [-0.05, 0) is 11.1 Å². The van der Waals surface area contributed by atoms with Crippen molar-refractivity contribution in [3.8, 4) is 0 Å². The van der Waals surface area contributed by atoms with E-state index in [1.165, 1.54) is 11.1 Å². The van der Waals surface area contributed by atoms with Gasteiger partial charge < -0.3 is 14.4 Å². The number of hydrogen-bond acceptors (Lipinski definition) is 5. The number of nitrogens with zero attached hydrogens (tertiary/aromatic N) is 3. The van der Waals surface area contributed by atoms with E-state index in [1.54, 1.807) is 14.2 Å². The predicted octanol–water partition coefficient (Wildman–Crippen LogP) is 2.52. The van der Waals surface area contributed by atoms with E-state index in [1.807, 2.05) is 4.90 Å². The first-order chi connectivity index (χ1) is 15.2. The summed E-state index contributed by atoms with van der Waals surface area (Å²) in [6.07, 6.45) is 0. The third-order valence-corrected chi connectivity index (χ3v) is 5.84. The second kappa shape index (κ2) is 12.6. The molecule has 0 atom stereocenters. The Kier molecular flexibility index (Phi) is 9.49. The van der Waals surface area contributed by atoms with Crippen molar-refractivity contribution in [3.05, 3.63) is 71.8 Å². The lowest BCUT2D eigenvalue weighted by molar-refractivity contribution is -0.134. The molecule has 168 valence electrons. The fraction of sp³-hybridized carbons (Fsp3) is 0.480. The second-order valence-electron chi connectivity index (χ2n) is 7.90. The molecule has 6 nitrogen and oxygen atoms in total. The number of methoxy groups -OCH3 is 2. The normalized spacial score (nSPS) is 15.0. The lowest BCUT2D eigenvalue weighted by atomic mass is 9.96. The minimum Gasteiger partial charge on any atom is -0.383 e. The molecule has 0 aromatic heterocycles. The molecule has 0 aliphatic carbocycles. The predicted molar refractivity (Wildman–Crippen MR) is 123 cm³/mol. The number of benzene rings is 2. The lowest BCUT2D eigenvalue weighted by Crippen LogP contribution is -2.52. The van der Waals surface area contributed by atoms with E-state index in [2.05, 4.69) is 70.5 Å². The molecule has 1 amide bonds. The summed E-state index contributed by atoms with van der Waals surface area (Å²) in [5.41, 5.74) is 2.58. The van der Waals surface area contributed by atoms with Crippen molar-refractivity contribution in [2.24, 2.45) is 0 Å². The highest BCUT2D eigenvalue weighted by atomic mass is 16.5. The first-order valence-electron chi connectivity index (χ1n) is 11.0. The topological polar surface area (TPSA) is 45.3 Å². The van der Waals surface area contributed by atoms with Crippen molar-refractivity contribution in [1.82, 2.24) is 14.7 Å². The van der Waals surface area contributed by atoms with Gasteiger partial charge in [-0.15, -0.1) is 0 Å². The minimum absolute atomic E-state index is 0.183. The molecule has 0 N–H and O–H groups in total. The van der Waals surface area contributed by atoms with Crippen LogP contribution in [-0.4, -0.2) is 93.9 Å². The van der Waals surface area contributed by atoms with Crippen LogP contribution in [0.3, 0.4) is 0 Å². The van der Waals surface area contributed by atoms with E-state index in [9.17, 15) is 4.79 Å². The zero-order valence-corrected chi connectivity index (χ0v) is 18.8. The van der Waals surface area contributed by atoms with Gasteiger partial charge in [0.05, 0.1) is 25.8 Å². The average molecular weight is 426 g/mol. The summed E-state index contributed by atoms with van der Waals surface area (Å²) in [6, 6.07) is 21.5. The van der Waals surface area contributed by atoms with Crippen molar-refractivity contribution in [1.29, 1.82) is 0 Å². The molecule has 31 heavy (non-hydrogen) atoms. The summed E-state index contributed by atoms with van der Waals surface area (Å²) < 4.78 is 10.4. The van der Waals surface area contributed by atoms with E-state index in [0.29, 0.717) is 19.8 Å². The quantitative estimate of drug-likeness (QED) is 0.554. The van der Waals surface area contributed by atoms with Crippen molar-refractivity contribution in [2.75, 3.05) is 73.2 Å². The van der Waals surface area contributed by atoms with Crippen LogP contribution < -0.4 is 0 Å². The van der Waals surface area contributed by atoms with Crippen molar-refractivity contribution < 1.29 is 14.3 Å². The van der Waals surface area contributed by atoms with E-state index in [-0.39, 0.29) is 11.9 Å². The number of hydrogen-bond donors (Lipinski definition) is 0. The summed E-state index contributed by atoms with van der Waals surface area (Å²) in [5.74, 6) is 0.183. The van der Waals surface area contributed by atoms with Gasteiger partial charge in [-0.25, -0.2) is 0 Å². The number of carbonyl (C=O) groups is 1. The fourth-order valence-corrected chi connectivity index (χ4v) is 4.12. The van der Waals surface area contributed by atoms with Crippen LogP contribution in [0.25, 0.3) is 0 Å². The van der Waals surface area contributed by atoms with E-state index < -0.39 is 0 Å². The maximum absolute atomic E-state index is 12.9. The molecule has 1 fully saturated rings. The molecular formula is C25H35N3O3. The second-order valence-corrected chi connectivity index (χ2v) is 7.90. The maximum atomic E-state index is 12.9. The summed E-state index contributed by atoms with van der Waals surface area (Å²) in [7, 11) is 3.37. The Morgan fingerprint density at radius 3 is 1.77 bits per heavy atom. The van der Waals surface area contributed by atoms with E-state index >= 15 is 0 Å². The molecule has 0 unspecified atom stereocenters. The smallest absolute Gasteiger partial charge is 0.236 e. The molecular weight excluding hydrogens is 390 g/mol. The third kappa shape index (κ3) is 6.87. The standard InChI is InChI=1S/C25H35N3O3/c1-30-19-17-26(18-20-31-2)21-24(29)27-13-15-28(16-14-27)25(22-9-5-3-6-10-22)23-11-7-4-8-12-23/h3-12,25H,13-21H2,1-2H3. The zero-order valence-electron chi connectivity index (χ0n) is 18.8. The SMILES string of the molecule is COCCN(CCOC)CC(=O)N1CCN(C(c2ccccc2)c2ccccc2)CC1. The van der Waals surface area contributed by atoms with Crippen LogP contribution in [0.5, 0.6) is 0 Å². The van der Waals surface area contributed by atoms with Gasteiger partial charge in [-0.3, -0.25) is 14.6 Å². The molecule has 2 aromatic carbocycles. The summed E-state index contributed by atoms with van der Waals surface area (Å²) in [6.45, 7) is 6.31. The van der Waals surface area contributed by atoms with Gasteiger partial charge >= 0.3 is 0 Å². The van der Waals surface area contributed by atoms with Gasteiger partial charge in [0, 0.05) is 53.5 Å². The van der Waals surface area contributed by atoms with Gasteiger partial charge in [0.25, 0.3) is 0 Å². The van der Waals surface area contributed by atoms with Gasteiger partial charge in [0.15, 0.2) is 0 Å². The van der Waals surface area contributed by atoms with Gasteiger partial charge in [-0.1, -0.05) is 60.7 Å². The first kappa shape index (κ1) is 23.4. The Balaban J connectivity index is 1.62. The molecule has 1 aliphatic rings. The van der Waals surface area contributed by atoms with Crippen LogP contribution in [-0.2, 0) is 14.3 Å². The number of piperazine rings is 1. The molecule has 1 heterocycles. The molecule has 0 spiro atoms. The number of ether oxygens (including phenoxy) is 2. The monoisotopic (exact) mass is 425 g/mol. The Morgan fingerprint density at radius 2 is 1.32 bits per heavy atom. The number of amides is 1. The molecule has 1 saturated heterocycles. The third-order valence-electron chi connectivity index (χ3n) is 5.84. The summed E-state index contributed by atoms with van der Waals surface area (Å²) in [5, 5.41) is 0. The largest absolute Gasteiger partial charge is 0.383 e. The molecule has 0 bridgehead atoms. The first-order valence-corrected chi connectivity index (χ1v) is 11.0. The molecule has 2 aromatic rings. The van der Waals surface area contributed by atoms with Crippen molar-refractivity contribution in [3.63, 3.8) is 0 Å². The highest BCUT2D eigenvalue weighted by molar-refractivity contribution is 5.78. The minimum atomic E-state index is 0.183. The zero-order chi connectivity index (χ0) is 21.9. The highest BCUT2D eigenvalue weighted by Gasteiger charge is 2.28. The number of carbonyl (C=O) groups excluding carboxylic acids is 1. The molecule has 0 radical (unpaired) electrons. The Hall–Kier alpha value is -2.25. The Bertz CT molecular complexity index is 717. The van der Waals surface area contributed by atoms with Crippen molar-refractivity contribution in [2.45, 2.75) is 6.04 Å². The van der Waals surface area contributed by atoms with E-state index in [0.717, 1.165) is 39.3 Å². The van der Waals surface area contributed by atoms with Crippen LogP contribution in [0.15, 0.2) is 60.7 Å².